The molecule has 0 unspecified atom stereocenters. The van der Waals surface area contributed by atoms with Crippen LogP contribution in [0.1, 0.15) is 60.1 Å². The number of benzene rings is 4. The lowest BCUT2D eigenvalue weighted by molar-refractivity contribution is 0.854. The van der Waals surface area contributed by atoms with Crippen LogP contribution in [-0.2, 0) is 6.42 Å². The van der Waals surface area contributed by atoms with E-state index >= 15 is 0 Å². The first kappa shape index (κ1) is 19.5. The predicted octanol–water partition coefficient (Wildman–Crippen LogP) is 8.36. The van der Waals surface area contributed by atoms with Gasteiger partial charge >= 0.3 is 0 Å². The average Bonchev–Trinajstić information content (AvgIpc) is 2.70. The molecule has 0 aliphatic rings. The van der Waals surface area contributed by atoms with Crippen LogP contribution >= 0.6 is 0 Å². The molecule has 4 aromatic carbocycles. The van der Waals surface area contributed by atoms with E-state index in [9.17, 15) is 0 Å². The molecule has 0 heteroatoms. The highest BCUT2D eigenvalue weighted by atomic mass is 14.2. The van der Waals surface area contributed by atoms with E-state index in [-0.39, 0.29) is 0 Å². The maximum Gasteiger partial charge on any atom is -0.000788 e. The maximum absolute atomic E-state index is 4.25. The highest BCUT2D eigenvalue weighted by Gasteiger charge is 2.17. The van der Waals surface area contributed by atoms with Crippen LogP contribution in [0.4, 0.5) is 0 Å². The minimum Gasteiger partial charge on any atom is -0.0955 e. The smallest absolute Gasteiger partial charge is 0.000788 e. The molecule has 0 N–H and O–H groups in total. The first-order chi connectivity index (χ1) is 13.9. The quantitative estimate of drug-likeness (QED) is 0.334. The zero-order valence-corrected chi connectivity index (χ0v) is 18.3. The molecule has 4 aromatic rings. The Balaban J connectivity index is 2.03. The van der Waals surface area contributed by atoms with Gasteiger partial charge in [0, 0.05) is 0 Å². The summed E-state index contributed by atoms with van der Waals surface area (Å²) in [6, 6.07) is 22.3. The van der Waals surface area contributed by atoms with Gasteiger partial charge in [-0.1, -0.05) is 80.6 Å². The van der Waals surface area contributed by atoms with E-state index in [1.807, 2.05) is 0 Å². The third kappa shape index (κ3) is 3.38. The fraction of sp³-hybridized carbons (Fsp3) is 0.241. The van der Waals surface area contributed by atoms with Crippen molar-refractivity contribution in [3.63, 3.8) is 0 Å². The normalized spacial score (nSPS) is 11.5. The molecule has 0 fully saturated rings. The van der Waals surface area contributed by atoms with Gasteiger partial charge in [-0.2, -0.15) is 0 Å². The molecular formula is C29H30. The summed E-state index contributed by atoms with van der Waals surface area (Å²) in [7, 11) is 0. The lowest BCUT2D eigenvalue weighted by Gasteiger charge is -2.21. The van der Waals surface area contributed by atoms with E-state index in [1.54, 1.807) is 0 Å². The number of hydrogen-bond donors (Lipinski definition) is 0. The van der Waals surface area contributed by atoms with E-state index in [1.165, 1.54) is 54.9 Å². The van der Waals surface area contributed by atoms with E-state index in [4.69, 9.17) is 0 Å². The van der Waals surface area contributed by atoms with Gasteiger partial charge in [0.15, 0.2) is 0 Å². The molecule has 0 atom stereocenters. The molecule has 0 saturated heterocycles. The standard InChI is InChI=1S/C29H30/c1-18(2)26-15-22-11-7-9-13-24(22)28(20(26)5)17-29-21(6)27(19(3)4)16-23-12-8-10-14-25(23)29/h7-16,19H,1,17H2,2-6H3. The van der Waals surface area contributed by atoms with Crippen LogP contribution in [0, 0.1) is 13.8 Å². The second kappa shape index (κ2) is 7.52. The van der Waals surface area contributed by atoms with Crippen molar-refractivity contribution >= 4 is 27.1 Å². The minimum absolute atomic E-state index is 0.512. The van der Waals surface area contributed by atoms with Crippen molar-refractivity contribution in [3.8, 4) is 0 Å². The van der Waals surface area contributed by atoms with E-state index in [2.05, 4.69) is 102 Å². The number of rotatable bonds is 4. The van der Waals surface area contributed by atoms with Gasteiger partial charge in [0.25, 0.3) is 0 Å². The third-order valence-electron chi connectivity index (χ3n) is 6.36. The molecule has 0 amide bonds. The lowest BCUT2D eigenvalue weighted by atomic mass is 9.84. The van der Waals surface area contributed by atoms with Crippen LogP contribution in [-0.4, -0.2) is 0 Å². The monoisotopic (exact) mass is 378 g/mol. The Kier molecular flexibility index (Phi) is 5.04. The van der Waals surface area contributed by atoms with Gasteiger partial charge in [-0.15, -0.1) is 0 Å². The zero-order valence-electron chi connectivity index (χ0n) is 18.3. The Bertz CT molecular complexity index is 1240. The average molecular weight is 379 g/mol. The molecule has 0 radical (unpaired) electrons. The van der Waals surface area contributed by atoms with Crippen LogP contribution in [0.5, 0.6) is 0 Å². The first-order valence-electron chi connectivity index (χ1n) is 10.6. The Morgan fingerprint density at radius 1 is 0.793 bits per heavy atom. The molecule has 0 bridgehead atoms. The zero-order chi connectivity index (χ0) is 20.7. The van der Waals surface area contributed by atoms with Crippen molar-refractivity contribution in [3.05, 3.63) is 101 Å². The lowest BCUT2D eigenvalue weighted by Crippen LogP contribution is -2.03. The molecule has 0 aliphatic heterocycles. The van der Waals surface area contributed by atoms with E-state index in [0.717, 1.165) is 12.0 Å². The van der Waals surface area contributed by atoms with Crippen LogP contribution in [0.2, 0.25) is 0 Å². The summed E-state index contributed by atoms with van der Waals surface area (Å²) in [6.45, 7) is 15.5. The molecule has 0 aromatic heterocycles. The highest BCUT2D eigenvalue weighted by molar-refractivity contribution is 5.93. The second-order valence-corrected chi connectivity index (χ2v) is 8.65. The largest absolute Gasteiger partial charge is 0.0955 e. The Morgan fingerprint density at radius 2 is 1.31 bits per heavy atom. The third-order valence-corrected chi connectivity index (χ3v) is 6.36. The maximum atomic E-state index is 4.25. The summed E-state index contributed by atoms with van der Waals surface area (Å²) in [5, 5.41) is 5.37. The number of hydrogen-bond acceptors (Lipinski definition) is 0. The summed E-state index contributed by atoms with van der Waals surface area (Å²) in [4.78, 5) is 0. The topological polar surface area (TPSA) is 0 Å². The SMILES string of the molecule is C=C(C)c1cc2ccccc2c(Cc2c(C)c(C(C)C)cc3ccccc23)c1C. The second-order valence-electron chi connectivity index (χ2n) is 8.65. The molecule has 0 saturated carbocycles. The summed E-state index contributed by atoms with van der Waals surface area (Å²) in [5.41, 5.74) is 9.54. The van der Waals surface area contributed by atoms with Crippen molar-refractivity contribution in [2.45, 2.75) is 47.0 Å². The Morgan fingerprint density at radius 3 is 1.86 bits per heavy atom. The summed E-state index contributed by atoms with van der Waals surface area (Å²) < 4.78 is 0. The van der Waals surface area contributed by atoms with Gasteiger partial charge in [0.05, 0.1) is 0 Å². The molecule has 146 valence electrons. The van der Waals surface area contributed by atoms with Gasteiger partial charge in [0.2, 0.25) is 0 Å². The fourth-order valence-electron chi connectivity index (χ4n) is 4.75. The molecule has 0 aliphatic carbocycles. The van der Waals surface area contributed by atoms with Gasteiger partial charge < -0.3 is 0 Å². The molecule has 29 heavy (non-hydrogen) atoms. The van der Waals surface area contributed by atoms with E-state index in [0.29, 0.717) is 5.92 Å². The van der Waals surface area contributed by atoms with Crippen molar-refractivity contribution in [1.29, 1.82) is 0 Å². The molecule has 0 spiro atoms. The summed E-state index contributed by atoms with van der Waals surface area (Å²) >= 11 is 0. The van der Waals surface area contributed by atoms with Crippen LogP contribution in [0.25, 0.3) is 27.1 Å². The van der Waals surface area contributed by atoms with Crippen molar-refractivity contribution < 1.29 is 0 Å². The van der Waals surface area contributed by atoms with Crippen LogP contribution in [0.3, 0.4) is 0 Å². The Hall–Kier alpha value is -2.86. The fourth-order valence-corrected chi connectivity index (χ4v) is 4.75. The summed E-state index contributed by atoms with van der Waals surface area (Å²) in [5.74, 6) is 0.512. The minimum atomic E-state index is 0.512. The molecule has 0 heterocycles. The van der Waals surface area contributed by atoms with Gasteiger partial charge in [0.1, 0.15) is 0 Å². The van der Waals surface area contributed by atoms with Gasteiger partial charge in [-0.3, -0.25) is 0 Å². The first-order valence-corrected chi connectivity index (χ1v) is 10.6. The molecular weight excluding hydrogens is 348 g/mol. The summed E-state index contributed by atoms with van der Waals surface area (Å²) in [6.07, 6.45) is 0.945. The van der Waals surface area contributed by atoms with E-state index < -0.39 is 0 Å². The van der Waals surface area contributed by atoms with Crippen molar-refractivity contribution in [2.24, 2.45) is 0 Å². The van der Waals surface area contributed by atoms with Crippen molar-refractivity contribution in [2.75, 3.05) is 0 Å². The number of fused-ring (bicyclic) bond motifs is 2. The highest BCUT2D eigenvalue weighted by Crippen LogP contribution is 2.35. The van der Waals surface area contributed by atoms with Crippen LogP contribution in [0.15, 0.2) is 67.2 Å². The van der Waals surface area contributed by atoms with Crippen molar-refractivity contribution in [1.82, 2.24) is 0 Å². The van der Waals surface area contributed by atoms with Crippen LogP contribution < -0.4 is 0 Å². The van der Waals surface area contributed by atoms with Gasteiger partial charge in [-0.05, 0) is 94.1 Å². The molecule has 0 nitrogen and oxygen atoms in total. The van der Waals surface area contributed by atoms with Gasteiger partial charge in [-0.25, -0.2) is 0 Å². The molecule has 4 rings (SSSR count). The predicted molar refractivity (Wildman–Crippen MR) is 129 cm³/mol. The Labute approximate surface area is 174 Å². The number of allylic oxidation sites excluding steroid dienone is 1.